The van der Waals surface area contributed by atoms with E-state index < -0.39 is 6.29 Å². The Kier molecular flexibility index (Phi) is 9.59. The molecule has 0 spiro atoms. The summed E-state index contributed by atoms with van der Waals surface area (Å²) in [7, 11) is 0. The van der Waals surface area contributed by atoms with Gasteiger partial charge in [0.1, 0.15) is 0 Å². The highest BCUT2D eigenvalue weighted by Crippen LogP contribution is 2.55. The van der Waals surface area contributed by atoms with Crippen molar-refractivity contribution in [1.29, 1.82) is 0 Å². The van der Waals surface area contributed by atoms with E-state index in [2.05, 4.69) is 16.0 Å². The van der Waals surface area contributed by atoms with E-state index in [0.717, 1.165) is 75.6 Å². The number of thioether (sulfide) groups is 1. The van der Waals surface area contributed by atoms with Crippen LogP contribution >= 0.6 is 11.8 Å². The summed E-state index contributed by atoms with van der Waals surface area (Å²) >= 11 is 1.71. The third-order valence-electron chi connectivity index (χ3n) is 10.3. The molecule has 4 saturated carbocycles. The van der Waals surface area contributed by atoms with E-state index in [1.165, 1.54) is 26.2 Å². The molecular weight excluding hydrogens is 611 g/mol. The average Bonchev–Trinajstić information content (AvgIpc) is 3.06. The van der Waals surface area contributed by atoms with E-state index in [0.29, 0.717) is 13.0 Å². The molecule has 1 heterocycles. The minimum Gasteiger partial charge on any atom is -0.392 e. The standard InChI is InChI=1S/C38H45N3O5S/c1-24(43)40-32-10-12-34(13-11-32)47-23-33-17-35(30-6-4-26(22-42)5-7-30)46-36(45-33)31-8-2-25(3-9-31)21-39-37(44)41-38-18-27-14-28(19-38)16-29(15-27)20-38/h2-13,27-29,33,35-36,42H,14-23H2,1H3,(H,40,43)(H2,39,41,44). The van der Waals surface area contributed by atoms with Crippen LogP contribution in [0.3, 0.4) is 0 Å². The summed E-state index contributed by atoms with van der Waals surface area (Å²) < 4.78 is 13.0. The van der Waals surface area contributed by atoms with Gasteiger partial charge in [0, 0.05) is 47.3 Å². The molecule has 3 unspecified atom stereocenters. The summed E-state index contributed by atoms with van der Waals surface area (Å²) in [6.07, 6.45) is 7.41. The number of hydrogen-bond donors (Lipinski definition) is 4. The molecule has 0 radical (unpaired) electrons. The van der Waals surface area contributed by atoms with Crippen LogP contribution in [0.4, 0.5) is 10.5 Å². The number of ether oxygens (including phenoxy) is 2. The smallest absolute Gasteiger partial charge is 0.315 e. The van der Waals surface area contributed by atoms with E-state index in [-0.39, 0.29) is 36.3 Å². The number of urea groups is 1. The van der Waals surface area contributed by atoms with Gasteiger partial charge in [-0.15, -0.1) is 11.8 Å². The van der Waals surface area contributed by atoms with Crippen molar-refractivity contribution in [3.63, 3.8) is 0 Å². The van der Waals surface area contributed by atoms with Crippen molar-refractivity contribution in [2.24, 2.45) is 17.8 Å². The molecule has 47 heavy (non-hydrogen) atoms. The monoisotopic (exact) mass is 655 g/mol. The van der Waals surface area contributed by atoms with Crippen molar-refractivity contribution in [2.75, 3.05) is 11.1 Å². The van der Waals surface area contributed by atoms with Gasteiger partial charge in [-0.2, -0.15) is 0 Å². The molecule has 3 aromatic rings. The first-order valence-electron chi connectivity index (χ1n) is 17.0. The Balaban J connectivity index is 0.977. The molecule has 8 nitrogen and oxygen atoms in total. The Hall–Kier alpha value is -3.37. The molecule has 8 rings (SSSR count). The molecule has 4 aliphatic carbocycles. The number of aliphatic hydroxyl groups excluding tert-OH is 1. The summed E-state index contributed by atoms with van der Waals surface area (Å²) in [5.41, 5.74) is 4.64. The lowest BCUT2D eigenvalue weighted by Crippen LogP contribution is -2.61. The van der Waals surface area contributed by atoms with Gasteiger partial charge in [-0.1, -0.05) is 48.5 Å². The number of amides is 3. The lowest BCUT2D eigenvalue weighted by atomic mass is 9.53. The molecule has 0 aromatic heterocycles. The second-order valence-corrected chi connectivity index (χ2v) is 15.2. The fourth-order valence-corrected chi connectivity index (χ4v) is 9.49. The zero-order valence-electron chi connectivity index (χ0n) is 27.0. The molecule has 4 N–H and O–H groups in total. The topological polar surface area (TPSA) is 109 Å². The summed E-state index contributed by atoms with van der Waals surface area (Å²) in [6.45, 7) is 1.97. The lowest BCUT2D eigenvalue weighted by Gasteiger charge is -2.56. The van der Waals surface area contributed by atoms with Crippen molar-refractivity contribution in [3.05, 3.63) is 95.1 Å². The predicted molar refractivity (Wildman–Crippen MR) is 183 cm³/mol. The van der Waals surface area contributed by atoms with Crippen molar-refractivity contribution in [2.45, 2.75) is 94.0 Å². The van der Waals surface area contributed by atoms with Crippen LogP contribution in [0.5, 0.6) is 0 Å². The highest BCUT2D eigenvalue weighted by atomic mass is 32.2. The molecule has 3 amide bonds. The number of anilines is 1. The first kappa shape index (κ1) is 32.2. The molecule has 3 atom stereocenters. The van der Waals surface area contributed by atoms with Gasteiger partial charge in [-0.25, -0.2) is 4.79 Å². The van der Waals surface area contributed by atoms with Gasteiger partial charge in [0.05, 0.1) is 18.8 Å². The number of aliphatic hydroxyl groups is 1. The van der Waals surface area contributed by atoms with Crippen LogP contribution < -0.4 is 16.0 Å². The average molecular weight is 656 g/mol. The number of carbonyl (C=O) groups excluding carboxylic acids is 2. The van der Waals surface area contributed by atoms with Crippen molar-refractivity contribution in [3.8, 4) is 0 Å². The molecular formula is C38H45N3O5S. The van der Waals surface area contributed by atoms with Gasteiger partial charge in [-0.3, -0.25) is 4.79 Å². The van der Waals surface area contributed by atoms with Crippen molar-refractivity contribution >= 4 is 29.4 Å². The molecule has 5 aliphatic rings. The molecule has 9 heteroatoms. The van der Waals surface area contributed by atoms with Gasteiger partial charge in [0.2, 0.25) is 5.91 Å². The highest BCUT2D eigenvalue weighted by Gasteiger charge is 2.51. The third kappa shape index (κ3) is 7.86. The zero-order valence-corrected chi connectivity index (χ0v) is 27.8. The van der Waals surface area contributed by atoms with Crippen LogP contribution in [0.1, 0.15) is 86.5 Å². The van der Waals surface area contributed by atoms with Gasteiger partial charge >= 0.3 is 6.03 Å². The third-order valence-corrected chi connectivity index (χ3v) is 11.5. The number of hydrogen-bond acceptors (Lipinski definition) is 6. The summed E-state index contributed by atoms with van der Waals surface area (Å²) in [5, 5.41) is 18.8. The Bertz CT molecular complexity index is 1510. The predicted octanol–water partition coefficient (Wildman–Crippen LogP) is 7.24. The van der Waals surface area contributed by atoms with Crippen LogP contribution in [0.15, 0.2) is 77.7 Å². The van der Waals surface area contributed by atoms with Gasteiger partial charge in [-0.05, 0) is 97.2 Å². The summed E-state index contributed by atoms with van der Waals surface area (Å²) in [4.78, 5) is 25.5. The van der Waals surface area contributed by atoms with E-state index in [1.54, 1.807) is 11.8 Å². The van der Waals surface area contributed by atoms with Crippen molar-refractivity contribution < 1.29 is 24.2 Å². The maximum atomic E-state index is 13.0. The molecule has 5 fully saturated rings. The maximum Gasteiger partial charge on any atom is 0.315 e. The summed E-state index contributed by atoms with van der Waals surface area (Å²) in [6, 6.07) is 23.8. The SMILES string of the molecule is CC(=O)Nc1ccc(SCC2CC(c3ccc(CO)cc3)OC(c3ccc(CNC(=O)NC45CC6CC(CC(C6)C4)C5)cc3)O2)cc1. The van der Waals surface area contributed by atoms with Gasteiger partial charge in [0.15, 0.2) is 6.29 Å². The second kappa shape index (κ2) is 14.0. The van der Waals surface area contributed by atoms with E-state index in [1.807, 2.05) is 72.8 Å². The van der Waals surface area contributed by atoms with Crippen LogP contribution in [0.2, 0.25) is 0 Å². The van der Waals surface area contributed by atoms with Crippen LogP contribution in [-0.2, 0) is 27.4 Å². The number of rotatable bonds is 10. The van der Waals surface area contributed by atoms with Crippen LogP contribution in [0.25, 0.3) is 0 Å². The minimum absolute atomic E-state index is 0.00170. The van der Waals surface area contributed by atoms with Crippen molar-refractivity contribution in [1.82, 2.24) is 10.6 Å². The molecule has 248 valence electrons. The number of carbonyl (C=O) groups is 2. The van der Waals surface area contributed by atoms with Crippen LogP contribution in [-0.4, -0.2) is 34.4 Å². The van der Waals surface area contributed by atoms with E-state index in [4.69, 9.17) is 9.47 Å². The Labute approximate surface area is 281 Å². The molecule has 1 aliphatic heterocycles. The lowest BCUT2D eigenvalue weighted by molar-refractivity contribution is -0.245. The Morgan fingerprint density at radius 2 is 1.43 bits per heavy atom. The zero-order chi connectivity index (χ0) is 32.4. The van der Waals surface area contributed by atoms with Gasteiger partial charge in [0.25, 0.3) is 0 Å². The number of benzene rings is 3. The Morgan fingerprint density at radius 3 is 2.04 bits per heavy atom. The fraction of sp³-hybridized carbons (Fsp3) is 0.474. The quantitative estimate of drug-likeness (QED) is 0.172. The highest BCUT2D eigenvalue weighted by molar-refractivity contribution is 7.99. The number of nitrogens with one attached hydrogen (secondary N) is 3. The van der Waals surface area contributed by atoms with Gasteiger partial charge < -0.3 is 30.5 Å². The molecule has 1 saturated heterocycles. The van der Waals surface area contributed by atoms with E-state index >= 15 is 0 Å². The maximum absolute atomic E-state index is 13.0. The molecule has 4 bridgehead atoms. The fourth-order valence-electron chi connectivity index (χ4n) is 8.57. The van der Waals surface area contributed by atoms with E-state index in [9.17, 15) is 14.7 Å². The molecule has 3 aromatic carbocycles. The Morgan fingerprint density at radius 1 is 0.809 bits per heavy atom. The van der Waals surface area contributed by atoms with Crippen LogP contribution in [0, 0.1) is 17.8 Å². The normalized spacial score (nSPS) is 29.3. The second-order valence-electron chi connectivity index (χ2n) is 14.1. The first-order chi connectivity index (χ1) is 22.8. The minimum atomic E-state index is -0.541. The largest absolute Gasteiger partial charge is 0.392 e. The first-order valence-corrected chi connectivity index (χ1v) is 18.0. The summed E-state index contributed by atoms with van der Waals surface area (Å²) in [5.74, 6) is 3.02.